The predicted octanol–water partition coefficient (Wildman–Crippen LogP) is 4.31. The van der Waals surface area contributed by atoms with E-state index in [4.69, 9.17) is 5.26 Å². The van der Waals surface area contributed by atoms with E-state index in [1.54, 1.807) is 6.42 Å². The number of nitrogens with zero attached hydrogens (tertiary/aromatic N) is 1. The summed E-state index contributed by atoms with van der Waals surface area (Å²) in [6.07, 6.45) is 15.4. The molecule has 0 heterocycles. The molecule has 0 N–H and O–H groups in total. The molecule has 4 aliphatic carbocycles. The maximum Gasteiger partial charge on any atom is 0.0621 e. The summed E-state index contributed by atoms with van der Waals surface area (Å²) in [4.78, 5) is 0. The Balaban J connectivity index is 1.55. The second kappa shape index (κ2) is 4.84. The van der Waals surface area contributed by atoms with Gasteiger partial charge in [-0.1, -0.05) is 12.2 Å². The molecule has 0 atom stereocenters. The second-order valence-corrected chi connectivity index (χ2v) is 6.49. The Kier molecular flexibility index (Phi) is 3.23. The molecule has 1 heteroatoms. The van der Waals surface area contributed by atoms with Crippen molar-refractivity contribution in [3.8, 4) is 6.07 Å². The van der Waals surface area contributed by atoms with Gasteiger partial charge in [0.2, 0.25) is 0 Å². The number of rotatable bonds is 4. The molecule has 0 aromatic heterocycles. The molecule has 0 unspecified atom stereocenters. The van der Waals surface area contributed by atoms with Crippen LogP contribution in [0, 0.1) is 40.9 Å². The molecule has 4 saturated carbocycles. The van der Waals surface area contributed by atoms with Crippen molar-refractivity contribution in [3.05, 3.63) is 12.2 Å². The van der Waals surface area contributed by atoms with Crippen LogP contribution in [0.1, 0.15) is 51.4 Å². The van der Waals surface area contributed by atoms with E-state index in [1.807, 2.05) is 0 Å². The minimum absolute atomic E-state index is 0.714. The summed E-state index contributed by atoms with van der Waals surface area (Å²) in [6, 6.07) is 2.22. The third-order valence-electron chi connectivity index (χ3n) is 5.32. The molecule has 4 bridgehead atoms. The minimum Gasteiger partial charge on any atom is -0.198 e. The Morgan fingerprint density at radius 3 is 2.24 bits per heavy atom. The van der Waals surface area contributed by atoms with E-state index in [0.717, 1.165) is 42.4 Å². The van der Waals surface area contributed by atoms with Crippen molar-refractivity contribution in [3.63, 3.8) is 0 Å². The van der Waals surface area contributed by atoms with Crippen molar-refractivity contribution in [2.75, 3.05) is 0 Å². The molecule has 4 rings (SSSR count). The van der Waals surface area contributed by atoms with Gasteiger partial charge in [0.15, 0.2) is 0 Å². The highest BCUT2D eigenvalue weighted by Crippen LogP contribution is 2.56. The van der Waals surface area contributed by atoms with Gasteiger partial charge in [0.1, 0.15) is 0 Å². The van der Waals surface area contributed by atoms with Gasteiger partial charge < -0.3 is 0 Å². The van der Waals surface area contributed by atoms with Gasteiger partial charge in [-0.05, 0) is 74.5 Å². The summed E-state index contributed by atoms with van der Waals surface area (Å²) in [5.41, 5.74) is 0. The van der Waals surface area contributed by atoms with E-state index >= 15 is 0 Å². The quantitative estimate of drug-likeness (QED) is 0.520. The van der Waals surface area contributed by atoms with Crippen LogP contribution < -0.4 is 0 Å². The van der Waals surface area contributed by atoms with Crippen LogP contribution in [0.5, 0.6) is 0 Å². The minimum atomic E-state index is 0.714. The summed E-state index contributed by atoms with van der Waals surface area (Å²) in [5, 5.41) is 8.51. The maximum absolute atomic E-state index is 8.51. The summed E-state index contributed by atoms with van der Waals surface area (Å²) < 4.78 is 0. The van der Waals surface area contributed by atoms with Crippen LogP contribution in [-0.4, -0.2) is 0 Å². The number of nitriles is 1. The third-order valence-corrected chi connectivity index (χ3v) is 5.32. The summed E-state index contributed by atoms with van der Waals surface area (Å²) >= 11 is 0. The standard InChI is InChI=1S/C16H23N/c17-6-4-2-1-3-5-16-14-8-12-7-13(10-14)11-15(16)9-12/h3,5,12-16H,1-2,4,7-11H2/b5-3+. The normalized spacial score (nSPS) is 43.1. The molecule has 0 aliphatic heterocycles. The van der Waals surface area contributed by atoms with Crippen LogP contribution in [-0.2, 0) is 0 Å². The summed E-state index contributed by atoms with van der Waals surface area (Å²) in [6.45, 7) is 0. The average molecular weight is 229 g/mol. The zero-order chi connectivity index (χ0) is 11.7. The fourth-order valence-electron chi connectivity index (χ4n) is 4.83. The van der Waals surface area contributed by atoms with Crippen LogP contribution in [0.3, 0.4) is 0 Å². The monoisotopic (exact) mass is 229 g/mol. The highest BCUT2D eigenvalue weighted by molar-refractivity contribution is 5.05. The molecule has 0 spiro atoms. The third kappa shape index (κ3) is 2.28. The fourth-order valence-corrected chi connectivity index (χ4v) is 4.83. The molecule has 0 radical (unpaired) electrons. The molecule has 17 heavy (non-hydrogen) atoms. The number of allylic oxidation sites excluding steroid dienone is 2. The first kappa shape index (κ1) is 11.3. The number of hydrogen-bond donors (Lipinski definition) is 0. The smallest absolute Gasteiger partial charge is 0.0621 e. The Morgan fingerprint density at radius 1 is 1.00 bits per heavy atom. The van der Waals surface area contributed by atoms with Crippen LogP contribution in [0.4, 0.5) is 0 Å². The zero-order valence-corrected chi connectivity index (χ0v) is 10.6. The lowest BCUT2D eigenvalue weighted by Gasteiger charge is -2.53. The van der Waals surface area contributed by atoms with Crippen LogP contribution in [0.25, 0.3) is 0 Å². The van der Waals surface area contributed by atoms with Crippen molar-refractivity contribution in [2.45, 2.75) is 51.4 Å². The SMILES string of the molecule is N#CCCC/C=C/C1C2CC3CC(C2)CC1C3. The molecule has 4 aliphatic rings. The first-order valence-electron chi connectivity index (χ1n) is 7.40. The molecule has 92 valence electrons. The average Bonchev–Trinajstić information content (AvgIpc) is 2.31. The highest BCUT2D eigenvalue weighted by atomic mass is 14.5. The van der Waals surface area contributed by atoms with Gasteiger partial charge in [-0.2, -0.15) is 5.26 Å². The van der Waals surface area contributed by atoms with E-state index in [0.29, 0.717) is 6.42 Å². The number of unbranched alkanes of at least 4 members (excludes halogenated alkanes) is 2. The lowest BCUT2D eigenvalue weighted by Crippen LogP contribution is -2.44. The van der Waals surface area contributed by atoms with Crippen LogP contribution >= 0.6 is 0 Å². The Morgan fingerprint density at radius 2 is 1.65 bits per heavy atom. The predicted molar refractivity (Wildman–Crippen MR) is 69.1 cm³/mol. The summed E-state index contributed by atoms with van der Waals surface area (Å²) in [7, 11) is 0. The van der Waals surface area contributed by atoms with E-state index in [1.165, 1.54) is 25.7 Å². The van der Waals surface area contributed by atoms with Gasteiger partial charge in [-0.3, -0.25) is 0 Å². The molecule has 1 nitrogen and oxygen atoms in total. The van der Waals surface area contributed by atoms with Gasteiger partial charge in [-0.15, -0.1) is 0 Å². The fraction of sp³-hybridized carbons (Fsp3) is 0.812. The molecular weight excluding hydrogens is 206 g/mol. The molecule has 0 aromatic rings. The molecule has 0 saturated heterocycles. The topological polar surface area (TPSA) is 23.8 Å². The molecule has 0 amide bonds. The zero-order valence-electron chi connectivity index (χ0n) is 10.6. The first-order chi connectivity index (χ1) is 8.36. The largest absolute Gasteiger partial charge is 0.198 e. The number of hydrogen-bond acceptors (Lipinski definition) is 1. The van der Waals surface area contributed by atoms with E-state index in [2.05, 4.69) is 18.2 Å². The van der Waals surface area contributed by atoms with Crippen LogP contribution in [0.2, 0.25) is 0 Å². The molecule has 4 fully saturated rings. The van der Waals surface area contributed by atoms with E-state index < -0.39 is 0 Å². The Bertz CT molecular complexity index is 308. The summed E-state index contributed by atoms with van der Waals surface area (Å²) in [5.74, 6) is 5.09. The van der Waals surface area contributed by atoms with Gasteiger partial charge in [0.25, 0.3) is 0 Å². The Hall–Kier alpha value is -0.770. The van der Waals surface area contributed by atoms with Crippen molar-refractivity contribution in [2.24, 2.45) is 29.6 Å². The van der Waals surface area contributed by atoms with Gasteiger partial charge >= 0.3 is 0 Å². The first-order valence-corrected chi connectivity index (χ1v) is 7.40. The van der Waals surface area contributed by atoms with Crippen molar-refractivity contribution in [1.29, 1.82) is 5.26 Å². The van der Waals surface area contributed by atoms with Gasteiger partial charge in [0, 0.05) is 6.42 Å². The van der Waals surface area contributed by atoms with Gasteiger partial charge in [0.05, 0.1) is 6.07 Å². The lowest BCUT2D eigenvalue weighted by molar-refractivity contribution is -0.0162. The van der Waals surface area contributed by atoms with Gasteiger partial charge in [-0.25, -0.2) is 0 Å². The van der Waals surface area contributed by atoms with E-state index in [9.17, 15) is 0 Å². The second-order valence-electron chi connectivity index (χ2n) is 6.49. The van der Waals surface area contributed by atoms with E-state index in [-0.39, 0.29) is 0 Å². The van der Waals surface area contributed by atoms with Crippen LogP contribution in [0.15, 0.2) is 12.2 Å². The van der Waals surface area contributed by atoms with Crippen molar-refractivity contribution in [1.82, 2.24) is 0 Å². The van der Waals surface area contributed by atoms with Crippen molar-refractivity contribution < 1.29 is 0 Å². The Labute approximate surface area is 105 Å². The highest BCUT2D eigenvalue weighted by Gasteiger charge is 2.46. The van der Waals surface area contributed by atoms with Crippen molar-refractivity contribution >= 4 is 0 Å². The molecular formula is C16H23N. The maximum atomic E-state index is 8.51. The molecule has 0 aromatic carbocycles. The lowest BCUT2D eigenvalue weighted by atomic mass is 9.52.